The molecular formula is C12H17BrN2O3S. The van der Waals surface area contributed by atoms with Crippen molar-refractivity contribution in [2.75, 3.05) is 16.8 Å². The SMILES string of the molecule is CCC(N)CS(=O)(=O)CC(=O)Nc1cccc(Br)c1. The van der Waals surface area contributed by atoms with E-state index < -0.39 is 27.5 Å². The monoisotopic (exact) mass is 348 g/mol. The number of hydrogen-bond acceptors (Lipinski definition) is 4. The van der Waals surface area contributed by atoms with Crippen LogP contribution < -0.4 is 11.1 Å². The van der Waals surface area contributed by atoms with Crippen molar-refractivity contribution in [1.29, 1.82) is 0 Å². The molecule has 1 atom stereocenters. The van der Waals surface area contributed by atoms with Gasteiger partial charge in [0, 0.05) is 16.2 Å². The Hall–Kier alpha value is -0.920. The van der Waals surface area contributed by atoms with E-state index in [-0.39, 0.29) is 5.75 Å². The summed E-state index contributed by atoms with van der Waals surface area (Å²) in [6, 6.07) is 6.52. The molecule has 0 fully saturated rings. The Kier molecular flexibility index (Phi) is 5.96. The van der Waals surface area contributed by atoms with E-state index in [4.69, 9.17) is 5.73 Å². The maximum Gasteiger partial charge on any atom is 0.239 e. The Morgan fingerprint density at radius 3 is 2.74 bits per heavy atom. The summed E-state index contributed by atoms with van der Waals surface area (Å²) in [4.78, 5) is 11.7. The molecule has 0 radical (unpaired) electrons. The zero-order valence-electron chi connectivity index (χ0n) is 10.6. The summed E-state index contributed by atoms with van der Waals surface area (Å²) in [6.45, 7) is 1.81. The van der Waals surface area contributed by atoms with Gasteiger partial charge in [0.25, 0.3) is 0 Å². The molecule has 0 saturated heterocycles. The first-order valence-electron chi connectivity index (χ1n) is 5.84. The average molecular weight is 349 g/mol. The Balaban J connectivity index is 2.60. The summed E-state index contributed by atoms with van der Waals surface area (Å²) in [7, 11) is -3.47. The summed E-state index contributed by atoms with van der Waals surface area (Å²) in [5, 5.41) is 2.54. The Bertz CT molecular complexity index is 546. The van der Waals surface area contributed by atoms with Gasteiger partial charge in [0.1, 0.15) is 5.75 Å². The lowest BCUT2D eigenvalue weighted by Gasteiger charge is -2.10. The van der Waals surface area contributed by atoms with Crippen LogP contribution in [0, 0.1) is 0 Å². The molecule has 0 aromatic heterocycles. The lowest BCUT2D eigenvalue weighted by atomic mass is 10.3. The van der Waals surface area contributed by atoms with Crippen molar-refractivity contribution in [2.24, 2.45) is 5.73 Å². The van der Waals surface area contributed by atoms with Crippen molar-refractivity contribution in [3.8, 4) is 0 Å². The minimum atomic E-state index is -3.47. The normalized spacial score (nSPS) is 13.0. The number of hydrogen-bond donors (Lipinski definition) is 2. The summed E-state index contributed by atoms with van der Waals surface area (Å²) in [5.74, 6) is -1.27. The third-order valence-electron chi connectivity index (χ3n) is 2.45. The summed E-state index contributed by atoms with van der Waals surface area (Å²) in [5.41, 5.74) is 6.14. The molecule has 0 aliphatic rings. The van der Waals surface area contributed by atoms with E-state index >= 15 is 0 Å². The van der Waals surface area contributed by atoms with E-state index in [1.54, 1.807) is 18.2 Å². The topological polar surface area (TPSA) is 89.3 Å². The molecule has 1 amide bonds. The molecule has 19 heavy (non-hydrogen) atoms. The Morgan fingerprint density at radius 1 is 1.47 bits per heavy atom. The molecule has 3 N–H and O–H groups in total. The molecule has 0 saturated carbocycles. The third kappa shape index (κ3) is 6.17. The van der Waals surface area contributed by atoms with Gasteiger partial charge in [-0.2, -0.15) is 0 Å². The highest BCUT2D eigenvalue weighted by molar-refractivity contribution is 9.10. The van der Waals surface area contributed by atoms with Gasteiger partial charge < -0.3 is 11.1 Å². The van der Waals surface area contributed by atoms with Crippen molar-refractivity contribution in [2.45, 2.75) is 19.4 Å². The van der Waals surface area contributed by atoms with Crippen molar-refractivity contribution in [1.82, 2.24) is 0 Å². The predicted molar refractivity (Wildman–Crippen MR) is 79.7 cm³/mol. The van der Waals surface area contributed by atoms with Crippen LogP contribution in [0.4, 0.5) is 5.69 Å². The molecule has 1 rings (SSSR count). The molecule has 1 aromatic rings. The number of nitrogens with two attached hydrogens (primary N) is 1. The number of sulfone groups is 1. The number of amides is 1. The maximum atomic E-state index is 11.7. The van der Waals surface area contributed by atoms with E-state index in [9.17, 15) is 13.2 Å². The van der Waals surface area contributed by atoms with Crippen LogP contribution in [0.15, 0.2) is 28.7 Å². The van der Waals surface area contributed by atoms with Crippen molar-refractivity contribution >= 4 is 37.4 Å². The number of benzene rings is 1. The maximum absolute atomic E-state index is 11.7. The van der Waals surface area contributed by atoms with Crippen LogP contribution in [0.2, 0.25) is 0 Å². The highest BCUT2D eigenvalue weighted by atomic mass is 79.9. The fourth-order valence-electron chi connectivity index (χ4n) is 1.47. The molecule has 0 aliphatic carbocycles. The first kappa shape index (κ1) is 16.1. The van der Waals surface area contributed by atoms with Crippen molar-refractivity contribution in [3.05, 3.63) is 28.7 Å². The summed E-state index contributed by atoms with van der Waals surface area (Å²) >= 11 is 3.27. The van der Waals surface area contributed by atoms with Crippen LogP contribution in [-0.2, 0) is 14.6 Å². The van der Waals surface area contributed by atoms with Gasteiger partial charge in [-0.1, -0.05) is 28.9 Å². The molecule has 1 aromatic carbocycles. The highest BCUT2D eigenvalue weighted by Gasteiger charge is 2.19. The van der Waals surface area contributed by atoms with Crippen molar-refractivity contribution in [3.63, 3.8) is 0 Å². The van der Waals surface area contributed by atoms with Gasteiger partial charge in [0.05, 0.1) is 5.75 Å². The van der Waals surface area contributed by atoms with Crippen LogP contribution in [0.25, 0.3) is 0 Å². The van der Waals surface area contributed by atoms with Gasteiger partial charge in [-0.05, 0) is 24.6 Å². The van der Waals surface area contributed by atoms with Crippen LogP contribution in [0.1, 0.15) is 13.3 Å². The van der Waals surface area contributed by atoms with Gasteiger partial charge in [-0.3, -0.25) is 4.79 Å². The Morgan fingerprint density at radius 2 is 2.16 bits per heavy atom. The van der Waals surface area contributed by atoms with E-state index in [1.165, 1.54) is 0 Å². The molecule has 0 spiro atoms. The number of carbonyl (C=O) groups excluding carboxylic acids is 1. The van der Waals surface area contributed by atoms with E-state index in [0.29, 0.717) is 12.1 Å². The van der Waals surface area contributed by atoms with E-state index in [2.05, 4.69) is 21.2 Å². The predicted octanol–water partition coefficient (Wildman–Crippen LogP) is 1.54. The molecule has 0 aliphatic heterocycles. The van der Waals surface area contributed by atoms with Crippen molar-refractivity contribution < 1.29 is 13.2 Å². The number of rotatable bonds is 6. The first-order chi connectivity index (χ1) is 8.82. The summed E-state index contributed by atoms with van der Waals surface area (Å²) < 4.78 is 24.2. The molecule has 0 bridgehead atoms. The molecule has 106 valence electrons. The molecule has 5 nitrogen and oxygen atoms in total. The smallest absolute Gasteiger partial charge is 0.239 e. The molecule has 7 heteroatoms. The minimum absolute atomic E-state index is 0.171. The fraction of sp³-hybridized carbons (Fsp3) is 0.417. The first-order valence-corrected chi connectivity index (χ1v) is 8.45. The lowest BCUT2D eigenvalue weighted by molar-refractivity contribution is -0.113. The second kappa shape index (κ2) is 7.02. The fourth-order valence-corrected chi connectivity index (χ4v) is 3.34. The van der Waals surface area contributed by atoms with E-state index in [1.807, 2.05) is 13.0 Å². The van der Waals surface area contributed by atoms with Crippen LogP contribution >= 0.6 is 15.9 Å². The second-order valence-electron chi connectivity index (χ2n) is 4.28. The second-order valence-corrected chi connectivity index (χ2v) is 7.31. The van der Waals surface area contributed by atoms with Crippen LogP contribution in [0.5, 0.6) is 0 Å². The zero-order valence-corrected chi connectivity index (χ0v) is 13.0. The standard InChI is InChI=1S/C12H17BrN2O3S/c1-2-10(14)7-19(17,18)8-12(16)15-11-5-3-4-9(13)6-11/h3-6,10H,2,7-8,14H2,1H3,(H,15,16). The van der Waals surface area contributed by atoms with Gasteiger partial charge in [-0.15, -0.1) is 0 Å². The van der Waals surface area contributed by atoms with Gasteiger partial charge in [-0.25, -0.2) is 8.42 Å². The largest absolute Gasteiger partial charge is 0.327 e. The van der Waals surface area contributed by atoms with Gasteiger partial charge >= 0.3 is 0 Å². The minimum Gasteiger partial charge on any atom is -0.327 e. The van der Waals surface area contributed by atoms with E-state index in [0.717, 1.165) is 4.47 Å². The van der Waals surface area contributed by atoms with Crippen LogP contribution in [0.3, 0.4) is 0 Å². The Labute approximate surface area is 121 Å². The quantitative estimate of drug-likeness (QED) is 0.815. The number of nitrogens with one attached hydrogen (secondary N) is 1. The average Bonchev–Trinajstić information content (AvgIpc) is 2.26. The molecular weight excluding hydrogens is 332 g/mol. The number of carbonyl (C=O) groups is 1. The van der Waals surface area contributed by atoms with Gasteiger partial charge in [0.15, 0.2) is 9.84 Å². The van der Waals surface area contributed by atoms with Gasteiger partial charge in [0.2, 0.25) is 5.91 Å². The van der Waals surface area contributed by atoms with Crippen LogP contribution in [-0.4, -0.2) is 31.9 Å². The zero-order chi connectivity index (χ0) is 14.5. The lowest BCUT2D eigenvalue weighted by Crippen LogP contribution is -2.33. The third-order valence-corrected chi connectivity index (χ3v) is 4.58. The summed E-state index contributed by atoms with van der Waals surface area (Å²) in [6.07, 6.45) is 0.562. The number of halogens is 1. The molecule has 0 heterocycles. The molecule has 1 unspecified atom stereocenters. The highest BCUT2D eigenvalue weighted by Crippen LogP contribution is 2.15. The number of anilines is 1.